The number of nitrogens with one attached hydrogen (secondary N) is 1. The molecule has 5 nitrogen and oxygen atoms in total. The number of hydrogen-bond acceptors (Lipinski definition) is 4. The summed E-state index contributed by atoms with van der Waals surface area (Å²) in [4.78, 5) is 12.2. The van der Waals surface area contributed by atoms with Crippen LogP contribution in [0.5, 0.6) is 11.5 Å². The normalized spacial score (nSPS) is 10.5. The highest BCUT2D eigenvalue weighted by molar-refractivity contribution is 6.03. The van der Waals surface area contributed by atoms with Gasteiger partial charge >= 0.3 is 0 Å². The number of furan rings is 1. The number of phenols is 1. The average Bonchev–Trinajstić information content (AvgIpc) is 3.12. The first kappa shape index (κ1) is 17.6. The molecule has 0 fully saturated rings. The molecule has 1 aromatic heterocycles. The van der Waals surface area contributed by atoms with E-state index in [2.05, 4.69) is 12.2 Å². The van der Waals surface area contributed by atoms with E-state index in [9.17, 15) is 9.90 Å². The van der Waals surface area contributed by atoms with Crippen molar-refractivity contribution in [2.45, 2.75) is 26.4 Å². The maximum Gasteiger partial charge on any atom is 0.291 e. The number of carbonyl (C=O) groups excluding carboxylic acids is 1. The zero-order valence-electron chi connectivity index (χ0n) is 14.6. The first-order chi connectivity index (χ1) is 12.7. The maximum atomic E-state index is 12.2. The third-order valence-corrected chi connectivity index (χ3v) is 3.88. The number of amides is 1. The lowest BCUT2D eigenvalue weighted by Gasteiger charge is -2.06. The van der Waals surface area contributed by atoms with Crippen molar-refractivity contribution in [3.05, 3.63) is 77.7 Å². The maximum absolute atomic E-state index is 12.2. The minimum Gasteiger partial charge on any atom is -0.506 e. The molecule has 2 aromatic carbocycles. The molecule has 5 heteroatoms. The lowest BCUT2D eigenvalue weighted by molar-refractivity contribution is 0.0992. The fraction of sp³-hybridized carbons (Fsp3) is 0.190. The third-order valence-electron chi connectivity index (χ3n) is 3.88. The van der Waals surface area contributed by atoms with Gasteiger partial charge in [0.15, 0.2) is 5.76 Å². The molecular formula is C21H21NO4. The molecule has 3 rings (SSSR count). The van der Waals surface area contributed by atoms with Gasteiger partial charge in [-0.25, -0.2) is 0 Å². The lowest BCUT2D eigenvalue weighted by Crippen LogP contribution is -2.10. The Bertz CT molecular complexity index is 868. The Kier molecular flexibility index (Phi) is 5.59. The number of rotatable bonds is 7. The molecule has 0 atom stereocenters. The van der Waals surface area contributed by atoms with Crippen LogP contribution in [0.1, 0.15) is 35.2 Å². The zero-order valence-corrected chi connectivity index (χ0v) is 14.6. The second kappa shape index (κ2) is 8.25. The number of phenolic OH excluding ortho intramolecular Hbond substituents is 1. The Hall–Kier alpha value is -3.21. The first-order valence-electron chi connectivity index (χ1n) is 8.55. The highest BCUT2D eigenvalue weighted by Gasteiger charge is 2.13. The number of anilines is 1. The average molecular weight is 351 g/mol. The summed E-state index contributed by atoms with van der Waals surface area (Å²) in [7, 11) is 0. The largest absolute Gasteiger partial charge is 0.506 e. The van der Waals surface area contributed by atoms with Gasteiger partial charge in [0.25, 0.3) is 5.91 Å². The number of benzene rings is 2. The molecule has 0 aliphatic carbocycles. The number of aromatic hydroxyl groups is 1. The highest BCUT2D eigenvalue weighted by atomic mass is 16.5. The predicted octanol–water partition coefficient (Wildman–Crippen LogP) is 4.77. The number of hydrogen-bond donors (Lipinski definition) is 2. The second-order valence-electron chi connectivity index (χ2n) is 5.92. The summed E-state index contributed by atoms with van der Waals surface area (Å²) >= 11 is 0. The zero-order chi connectivity index (χ0) is 18.4. The van der Waals surface area contributed by atoms with Gasteiger partial charge in [0.2, 0.25) is 0 Å². The standard InChI is InChI=1S/C21H21NO4/c1-2-5-15-8-10-16(11-9-15)25-14-17-12-13-20(26-17)21(24)22-18-6-3-4-7-19(18)23/h3-4,6-13,23H,2,5,14H2,1H3,(H,22,24). The summed E-state index contributed by atoms with van der Waals surface area (Å²) in [6, 6.07) is 17.8. The molecule has 134 valence electrons. The van der Waals surface area contributed by atoms with Crippen LogP contribution >= 0.6 is 0 Å². The molecule has 0 spiro atoms. The van der Waals surface area contributed by atoms with Crippen LogP contribution in [0.15, 0.2) is 65.1 Å². The van der Waals surface area contributed by atoms with E-state index < -0.39 is 5.91 Å². The van der Waals surface area contributed by atoms with Gasteiger partial charge in [0.1, 0.15) is 23.9 Å². The monoisotopic (exact) mass is 351 g/mol. The van der Waals surface area contributed by atoms with Crippen LogP contribution in [-0.4, -0.2) is 11.0 Å². The van der Waals surface area contributed by atoms with Crippen LogP contribution in [0.4, 0.5) is 5.69 Å². The third kappa shape index (κ3) is 4.45. The molecule has 0 aliphatic rings. The van der Waals surface area contributed by atoms with Gasteiger partial charge in [-0.3, -0.25) is 4.79 Å². The Morgan fingerprint density at radius 2 is 1.85 bits per heavy atom. The van der Waals surface area contributed by atoms with Crippen LogP contribution in [0, 0.1) is 0 Å². The minimum absolute atomic E-state index is 0.00230. The van der Waals surface area contributed by atoms with E-state index >= 15 is 0 Å². The smallest absolute Gasteiger partial charge is 0.291 e. The Labute approximate surface area is 152 Å². The van der Waals surface area contributed by atoms with Crippen molar-refractivity contribution < 1.29 is 19.1 Å². The predicted molar refractivity (Wildman–Crippen MR) is 99.5 cm³/mol. The summed E-state index contributed by atoms with van der Waals surface area (Å²) in [5.41, 5.74) is 1.61. The van der Waals surface area contributed by atoms with Crippen molar-refractivity contribution in [1.29, 1.82) is 0 Å². The van der Waals surface area contributed by atoms with Crippen molar-refractivity contribution in [2.24, 2.45) is 0 Å². The second-order valence-corrected chi connectivity index (χ2v) is 5.92. The van der Waals surface area contributed by atoms with Gasteiger partial charge in [-0.15, -0.1) is 0 Å². The van der Waals surface area contributed by atoms with E-state index in [0.29, 0.717) is 11.4 Å². The van der Waals surface area contributed by atoms with E-state index in [1.54, 1.807) is 30.3 Å². The van der Waals surface area contributed by atoms with Gasteiger partial charge in [0, 0.05) is 0 Å². The SMILES string of the molecule is CCCc1ccc(OCc2ccc(C(=O)Nc3ccccc3O)o2)cc1. The molecular weight excluding hydrogens is 330 g/mol. The molecule has 0 saturated heterocycles. The number of para-hydroxylation sites is 2. The quantitative estimate of drug-likeness (QED) is 0.602. The van der Waals surface area contributed by atoms with Gasteiger partial charge in [0.05, 0.1) is 5.69 Å². The first-order valence-corrected chi connectivity index (χ1v) is 8.55. The molecule has 0 saturated carbocycles. The molecule has 2 N–H and O–H groups in total. The van der Waals surface area contributed by atoms with Crippen LogP contribution in [0.25, 0.3) is 0 Å². The van der Waals surface area contributed by atoms with E-state index in [0.717, 1.165) is 18.6 Å². The summed E-state index contributed by atoms with van der Waals surface area (Å²) in [6.07, 6.45) is 2.16. The Morgan fingerprint density at radius 1 is 1.08 bits per heavy atom. The van der Waals surface area contributed by atoms with E-state index in [1.807, 2.05) is 24.3 Å². The van der Waals surface area contributed by atoms with Crippen LogP contribution in [0.3, 0.4) is 0 Å². The number of carbonyl (C=O) groups is 1. The van der Waals surface area contributed by atoms with Gasteiger partial charge in [-0.05, 0) is 48.4 Å². The van der Waals surface area contributed by atoms with Crippen LogP contribution in [-0.2, 0) is 13.0 Å². The van der Waals surface area contributed by atoms with Gasteiger partial charge in [-0.1, -0.05) is 37.6 Å². The lowest BCUT2D eigenvalue weighted by atomic mass is 10.1. The molecule has 3 aromatic rings. The fourth-order valence-electron chi connectivity index (χ4n) is 2.54. The highest BCUT2D eigenvalue weighted by Crippen LogP contribution is 2.23. The van der Waals surface area contributed by atoms with Crippen molar-refractivity contribution in [2.75, 3.05) is 5.32 Å². The van der Waals surface area contributed by atoms with Crippen LogP contribution in [0.2, 0.25) is 0 Å². The summed E-state index contributed by atoms with van der Waals surface area (Å²) in [5, 5.41) is 12.3. The molecule has 0 bridgehead atoms. The van der Waals surface area contributed by atoms with E-state index in [-0.39, 0.29) is 18.1 Å². The van der Waals surface area contributed by atoms with E-state index in [1.165, 1.54) is 11.6 Å². The Morgan fingerprint density at radius 3 is 2.58 bits per heavy atom. The van der Waals surface area contributed by atoms with Crippen LogP contribution < -0.4 is 10.1 Å². The van der Waals surface area contributed by atoms with E-state index in [4.69, 9.17) is 9.15 Å². The van der Waals surface area contributed by atoms with Crippen molar-refractivity contribution in [3.63, 3.8) is 0 Å². The van der Waals surface area contributed by atoms with Gasteiger partial charge in [-0.2, -0.15) is 0 Å². The van der Waals surface area contributed by atoms with Gasteiger partial charge < -0.3 is 19.6 Å². The minimum atomic E-state index is -0.429. The Balaban J connectivity index is 1.57. The number of ether oxygens (including phenoxy) is 1. The topological polar surface area (TPSA) is 71.7 Å². The molecule has 0 unspecified atom stereocenters. The molecule has 26 heavy (non-hydrogen) atoms. The fourth-order valence-corrected chi connectivity index (χ4v) is 2.54. The van der Waals surface area contributed by atoms with Crippen molar-refractivity contribution in [3.8, 4) is 11.5 Å². The molecule has 1 heterocycles. The molecule has 1 amide bonds. The van der Waals surface area contributed by atoms with Crippen molar-refractivity contribution >= 4 is 11.6 Å². The van der Waals surface area contributed by atoms with Crippen molar-refractivity contribution in [1.82, 2.24) is 0 Å². The molecule has 0 aliphatic heterocycles. The summed E-state index contributed by atoms with van der Waals surface area (Å²) < 4.78 is 11.2. The summed E-state index contributed by atoms with van der Waals surface area (Å²) in [6.45, 7) is 2.38. The number of aryl methyl sites for hydroxylation is 1. The molecule has 0 radical (unpaired) electrons. The summed E-state index contributed by atoms with van der Waals surface area (Å²) in [5.74, 6) is 1.03.